The lowest BCUT2D eigenvalue weighted by atomic mass is 10.0. The molecule has 0 unspecified atom stereocenters. The molecule has 7 nitrogen and oxygen atoms in total. The number of aliphatic imine (C=N–C) groups is 2. The molecule has 1 heterocycles. The minimum atomic E-state index is -0.501. The van der Waals surface area contributed by atoms with Gasteiger partial charge in [-0.1, -0.05) is 56.0 Å². The third-order valence-corrected chi connectivity index (χ3v) is 4.26. The van der Waals surface area contributed by atoms with Crippen molar-refractivity contribution in [3.05, 3.63) is 35.9 Å². The lowest BCUT2D eigenvalue weighted by Gasteiger charge is -2.27. The number of hydrogen-bond donors (Lipinski definition) is 1. The van der Waals surface area contributed by atoms with Gasteiger partial charge >= 0.3 is 6.09 Å². The van der Waals surface area contributed by atoms with Crippen LogP contribution in [0.3, 0.4) is 0 Å². The molecule has 0 fully saturated rings. The van der Waals surface area contributed by atoms with E-state index in [0.717, 1.165) is 5.56 Å². The Balaban J connectivity index is 1.86. The van der Waals surface area contributed by atoms with Gasteiger partial charge in [-0.25, -0.2) is 14.8 Å². The quantitative estimate of drug-likeness (QED) is 0.693. The number of amides is 1. The molecule has 7 heteroatoms. The molecule has 1 amide bonds. The molecule has 1 aromatic carbocycles. The van der Waals surface area contributed by atoms with Gasteiger partial charge in [0, 0.05) is 6.42 Å². The third-order valence-electron chi connectivity index (χ3n) is 4.26. The van der Waals surface area contributed by atoms with Crippen LogP contribution in [-0.4, -0.2) is 49.7 Å². The Bertz CT molecular complexity index is 794. The van der Waals surface area contributed by atoms with E-state index in [-0.39, 0.29) is 31.2 Å². The highest BCUT2D eigenvalue weighted by atomic mass is 16.5. The molecule has 0 saturated carbocycles. The summed E-state index contributed by atoms with van der Waals surface area (Å²) < 4.78 is 16.6. The Morgan fingerprint density at radius 1 is 1.07 bits per heavy atom. The van der Waals surface area contributed by atoms with Gasteiger partial charge in [0.05, 0.1) is 19.8 Å². The molecule has 0 bridgehead atoms. The van der Waals surface area contributed by atoms with E-state index in [4.69, 9.17) is 24.2 Å². The lowest BCUT2D eigenvalue weighted by molar-refractivity contribution is 0.141. The molecule has 1 aromatic rings. The van der Waals surface area contributed by atoms with Gasteiger partial charge in [0.15, 0.2) is 0 Å². The van der Waals surface area contributed by atoms with Crippen molar-refractivity contribution in [2.75, 3.05) is 19.8 Å². The summed E-state index contributed by atoms with van der Waals surface area (Å²) >= 11 is 0. The molecule has 0 spiro atoms. The number of ether oxygens (including phenoxy) is 3. The van der Waals surface area contributed by atoms with Crippen LogP contribution in [0.2, 0.25) is 0 Å². The maximum Gasteiger partial charge on any atom is 0.408 e. The lowest BCUT2D eigenvalue weighted by Crippen LogP contribution is -2.38. The number of nitrogens with zero attached hydrogens (tertiary/aromatic N) is 2. The zero-order valence-electron chi connectivity index (χ0n) is 18.2. The zero-order chi connectivity index (χ0) is 21.8. The van der Waals surface area contributed by atoms with Gasteiger partial charge < -0.3 is 19.5 Å². The second-order valence-electron chi connectivity index (χ2n) is 6.98. The van der Waals surface area contributed by atoms with Gasteiger partial charge in [-0.3, -0.25) is 0 Å². The van der Waals surface area contributed by atoms with E-state index in [1.807, 2.05) is 44.2 Å². The first kappa shape index (κ1) is 23.3. The molecule has 1 N–H and O–H groups in total. The molecule has 2 atom stereocenters. The van der Waals surface area contributed by atoms with Gasteiger partial charge in [-0.15, -0.1) is 0 Å². The second kappa shape index (κ2) is 12.5. The van der Waals surface area contributed by atoms with Crippen LogP contribution in [-0.2, 0) is 20.8 Å². The van der Waals surface area contributed by atoms with Gasteiger partial charge in [0.2, 0.25) is 11.8 Å². The number of carbonyl (C=O) groups excluding carboxylic acids is 1. The van der Waals surface area contributed by atoms with Crippen molar-refractivity contribution in [1.29, 1.82) is 0 Å². The summed E-state index contributed by atoms with van der Waals surface area (Å²) in [5, 5.41) is 2.62. The Morgan fingerprint density at radius 2 is 1.77 bits per heavy atom. The predicted molar refractivity (Wildman–Crippen MR) is 118 cm³/mol. The summed E-state index contributed by atoms with van der Waals surface area (Å²) in [5.41, 5.74) is 0.932. The maximum atomic E-state index is 11.8. The van der Waals surface area contributed by atoms with Crippen molar-refractivity contribution in [2.24, 2.45) is 15.9 Å². The van der Waals surface area contributed by atoms with Crippen molar-refractivity contribution in [3.63, 3.8) is 0 Å². The number of carbonyl (C=O) groups is 1. The van der Waals surface area contributed by atoms with Crippen LogP contribution in [0.1, 0.15) is 39.7 Å². The van der Waals surface area contributed by atoms with Crippen LogP contribution < -0.4 is 5.32 Å². The van der Waals surface area contributed by atoms with E-state index in [1.54, 1.807) is 0 Å². The highest BCUT2D eigenvalue weighted by Crippen LogP contribution is 2.19. The SMILES string of the molecule is CCOC1=N[C@H](C(C)C)C(OCC)=N[C@H]1CC#CCNC(=O)OCc1ccccc1. The summed E-state index contributed by atoms with van der Waals surface area (Å²) in [5.74, 6) is 7.43. The summed E-state index contributed by atoms with van der Waals surface area (Å²) in [7, 11) is 0. The second-order valence-corrected chi connectivity index (χ2v) is 6.98. The standard InChI is InChI=1S/C23H31N3O4/c1-5-28-21-19(25-22(29-6-2)20(26-21)17(3)4)14-10-11-15-24-23(27)30-16-18-12-8-7-9-13-18/h7-9,12-13,17,19-20H,5-6,14-16H2,1-4H3,(H,24,27)/t19-,20+/m0/s1. The van der Waals surface area contributed by atoms with Crippen molar-refractivity contribution in [2.45, 2.75) is 52.8 Å². The number of nitrogens with one attached hydrogen (secondary N) is 1. The first-order chi connectivity index (χ1) is 14.5. The van der Waals surface area contributed by atoms with E-state index in [2.05, 4.69) is 31.0 Å². The van der Waals surface area contributed by atoms with E-state index in [9.17, 15) is 4.79 Å². The van der Waals surface area contributed by atoms with Crippen LogP contribution in [0.4, 0.5) is 4.79 Å². The van der Waals surface area contributed by atoms with Crippen molar-refractivity contribution >= 4 is 17.9 Å². The normalized spacial score (nSPS) is 17.9. The number of hydrogen-bond acceptors (Lipinski definition) is 6. The number of alkyl carbamates (subject to hydrolysis) is 1. The summed E-state index contributed by atoms with van der Waals surface area (Å²) in [6.45, 7) is 9.47. The summed E-state index contributed by atoms with van der Waals surface area (Å²) in [4.78, 5) is 21.2. The molecular weight excluding hydrogens is 382 g/mol. The van der Waals surface area contributed by atoms with Crippen molar-refractivity contribution < 1.29 is 19.0 Å². The van der Waals surface area contributed by atoms with Crippen LogP contribution in [0.25, 0.3) is 0 Å². The fourth-order valence-electron chi connectivity index (χ4n) is 2.80. The highest BCUT2D eigenvalue weighted by molar-refractivity contribution is 5.94. The Labute approximate surface area is 178 Å². The average molecular weight is 414 g/mol. The smallest absolute Gasteiger partial charge is 0.408 e. The zero-order valence-corrected chi connectivity index (χ0v) is 18.2. The van der Waals surface area contributed by atoms with E-state index in [1.165, 1.54) is 0 Å². The minimum absolute atomic E-state index is 0.142. The van der Waals surface area contributed by atoms with E-state index < -0.39 is 6.09 Å². The molecule has 0 radical (unpaired) electrons. The predicted octanol–water partition coefficient (Wildman–Crippen LogP) is 3.58. The molecule has 0 aromatic heterocycles. The van der Waals surface area contributed by atoms with Crippen LogP contribution in [0, 0.1) is 17.8 Å². The van der Waals surface area contributed by atoms with Crippen LogP contribution in [0.5, 0.6) is 0 Å². The molecule has 162 valence electrons. The molecular formula is C23H31N3O4. The van der Waals surface area contributed by atoms with Gasteiger partial charge in [-0.05, 0) is 25.3 Å². The third kappa shape index (κ3) is 7.43. The Kier molecular flexibility index (Phi) is 9.72. The monoisotopic (exact) mass is 413 g/mol. The van der Waals surface area contributed by atoms with Gasteiger partial charge in [0.25, 0.3) is 0 Å². The Morgan fingerprint density at radius 3 is 2.43 bits per heavy atom. The average Bonchev–Trinajstić information content (AvgIpc) is 2.74. The topological polar surface area (TPSA) is 81.5 Å². The highest BCUT2D eigenvalue weighted by Gasteiger charge is 2.30. The van der Waals surface area contributed by atoms with Crippen molar-refractivity contribution in [3.8, 4) is 11.8 Å². The molecule has 1 aliphatic heterocycles. The molecule has 0 saturated heterocycles. The van der Waals surface area contributed by atoms with Crippen molar-refractivity contribution in [1.82, 2.24) is 5.32 Å². The Hall–Kier alpha value is -3.01. The fraction of sp³-hybridized carbons (Fsp3) is 0.522. The number of rotatable bonds is 7. The molecule has 0 aliphatic carbocycles. The van der Waals surface area contributed by atoms with E-state index in [0.29, 0.717) is 31.4 Å². The molecule has 1 aliphatic rings. The largest absolute Gasteiger partial charge is 0.480 e. The summed E-state index contributed by atoms with van der Waals surface area (Å²) in [6.07, 6.45) is -0.0696. The van der Waals surface area contributed by atoms with Gasteiger partial charge in [0.1, 0.15) is 18.7 Å². The number of benzene rings is 1. The molecule has 2 rings (SSSR count). The van der Waals surface area contributed by atoms with Gasteiger partial charge in [-0.2, -0.15) is 0 Å². The fourth-order valence-corrected chi connectivity index (χ4v) is 2.80. The van der Waals surface area contributed by atoms with Crippen LogP contribution >= 0.6 is 0 Å². The van der Waals surface area contributed by atoms with Crippen LogP contribution in [0.15, 0.2) is 40.3 Å². The minimum Gasteiger partial charge on any atom is -0.480 e. The molecule has 30 heavy (non-hydrogen) atoms. The first-order valence-corrected chi connectivity index (χ1v) is 10.4. The van der Waals surface area contributed by atoms with E-state index >= 15 is 0 Å². The first-order valence-electron chi connectivity index (χ1n) is 10.4. The maximum absolute atomic E-state index is 11.8. The summed E-state index contributed by atoms with van der Waals surface area (Å²) in [6, 6.07) is 9.06.